The highest BCUT2D eigenvalue weighted by atomic mass is 127. The lowest BCUT2D eigenvalue weighted by molar-refractivity contribution is -0.153. The molecule has 0 aliphatic rings. The van der Waals surface area contributed by atoms with E-state index in [1.165, 1.54) is 12.1 Å². The lowest BCUT2D eigenvalue weighted by atomic mass is 10.2. The molecule has 0 bridgehead atoms. The molecule has 0 amide bonds. The highest BCUT2D eigenvalue weighted by Crippen LogP contribution is 2.19. The van der Waals surface area contributed by atoms with Crippen molar-refractivity contribution >= 4 is 29.9 Å². The predicted molar refractivity (Wildman–Crippen MR) is 91.6 cm³/mol. The van der Waals surface area contributed by atoms with Crippen molar-refractivity contribution in [1.29, 1.82) is 0 Å². The third-order valence-corrected chi connectivity index (χ3v) is 2.42. The molecule has 0 saturated heterocycles. The standard InChI is InChI=1S/C14H20F3N3O.HI/c1-10(2)7-19-13(18)20-8-11-4-3-5-12(6-11)21-9-14(15,16)17;/h3-6,10H,7-9H2,1-2H3,(H3,18,19,20);1H. The highest BCUT2D eigenvalue weighted by molar-refractivity contribution is 14.0. The summed E-state index contributed by atoms with van der Waals surface area (Å²) in [6, 6.07) is 6.36. The van der Waals surface area contributed by atoms with Crippen molar-refractivity contribution in [3.8, 4) is 5.75 Å². The summed E-state index contributed by atoms with van der Waals surface area (Å²) in [6.07, 6.45) is -4.35. The van der Waals surface area contributed by atoms with Gasteiger partial charge in [-0.2, -0.15) is 13.2 Å². The number of nitrogens with one attached hydrogen (secondary N) is 1. The number of alkyl halides is 3. The molecule has 0 spiro atoms. The maximum absolute atomic E-state index is 12.1. The smallest absolute Gasteiger partial charge is 0.422 e. The lowest BCUT2D eigenvalue weighted by Gasteiger charge is -2.10. The number of nitrogens with zero attached hydrogens (tertiary/aromatic N) is 1. The van der Waals surface area contributed by atoms with E-state index in [1.807, 2.05) is 13.8 Å². The van der Waals surface area contributed by atoms with Crippen molar-refractivity contribution in [1.82, 2.24) is 5.32 Å². The van der Waals surface area contributed by atoms with Crippen LogP contribution in [0.1, 0.15) is 19.4 Å². The molecule has 126 valence electrons. The molecular weight excluding hydrogens is 410 g/mol. The van der Waals surface area contributed by atoms with Crippen molar-refractivity contribution in [3.63, 3.8) is 0 Å². The SMILES string of the molecule is CC(C)CNC(N)=NCc1cccc(OCC(F)(F)F)c1.I. The molecule has 1 rings (SSSR count). The summed E-state index contributed by atoms with van der Waals surface area (Å²) >= 11 is 0. The second-order valence-corrected chi connectivity index (χ2v) is 5.03. The van der Waals surface area contributed by atoms with Crippen LogP contribution in [0, 0.1) is 5.92 Å². The van der Waals surface area contributed by atoms with Gasteiger partial charge >= 0.3 is 6.18 Å². The van der Waals surface area contributed by atoms with Gasteiger partial charge < -0.3 is 15.8 Å². The summed E-state index contributed by atoms with van der Waals surface area (Å²) < 4.78 is 40.9. The average molecular weight is 431 g/mol. The Morgan fingerprint density at radius 3 is 2.64 bits per heavy atom. The maximum Gasteiger partial charge on any atom is 0.422 e. The maximum atomic E-state index is 12.1. The van der Waals surface area contributed by atoms with Gasteiger partial charge in [0.15, 0.2) is 12.6 Å². The first-order valence-electron chi connectivity index (χ1n) is 6.58. The Balaban J connectivity index is 0.00000441. The number of aliphatic imine (C=N–C) groups is 1. The van der Waals surface area contributed by atoms with Gasteiger partial charge in [-0.25, -0.2) is 4.99 Å². The van der Waals surface area contributed by atoms with Crippen molar-refractivity contribution in [3.05, 3.63) is 29.8 Å². The Morgan fingerprint density at radius 2 is 2.05 bits per heavy atom. The van der Waals surface area contributed by atoms with E-state index in [2.05, 4.69) is 15.0 Å². The molecule has 0 heterocycles. The first-order valence-corrected chi connectivity index (χ1v) is 6.58. The van der Waals surface area contributed by atoms with Crippen LogP contribution in [0.4, 0.5) is 13.2 Å². The van der Waals surface area contributed by atoms with E-state index in [9.17, 15) is 13.2 Å². The summed E-state index contributed by atoms with van der Waals surface area (Å²) in [6.45, 7) is 3.77. The van der Waals surface area contributed by atoms with Crippen LogP contribution in [-0.4, -0.2) is 25.3 Å². The third-order valence-electron chi connectivity index (χ3n) is 2.42. The second kappa shape index (κ2) is 9.75. The summed E-state index contributed by atoms with van der Waals surface area (Å²) in [5.41, 5.74) is 6.41. The monoisotopic (exact) mass is 431 g/mol. The van der Waals surface area contributed by atoms with E-state index < -0.39 is 12.8 Å². The first-order chi connectivity index (χ1) is 9.76. The van der Waals surface area contributed by atoms with Crippen LogP contribution in [0.15, 0.2) is 29.3 Å². The summed E-state index contributed by atoms with van der Waals surface area (Å²) in [5, 5.41) is 2.96. The zero-order chi connectivity index (χ0) is 15.9. The number of ether oxygens (including phenoxy) is 1. The number of nitrogens with two attached hydrogens (primary N) is 1. The lowest BCUT2D eigenvalue weighted by Crippen LogP contribution is -2.34. The normalized spacial score (nSPS) is 12.0. The van der Waals surface area contributed by atoms with Crippen LogP contribution in [0.2, 0.25) is 0 Å². The van der Waals surface area contributed by atoms with Crippen molar-refractivity contribution in [2.45, 2.75) is 26.6 Å². The minimum atomic E-state index is -4.35. The molecule has 3 N–H and O–H groups in total. The Morgan fingerprint density at radius 1 is 1.36 bits per heavy atom. The number of hydrogen-bond donors (Lipinski definition) is 2. The average Bonchev–Trinajstić information content (AvgIpc) is 2.40. The Labute approximate surface area is 145 Å². The van der Waals surface area contributed by atoms with Gasteiger partial charge in [-0.1, -0.05) is 26.0 Å². The van der Waals surface area contributed by atoms with E-state index in [0.717, 1.165) is 5.56 Å². The first kappa shape index (κ1) is 20.8. The van der Waals surface area contributed by atoms with E-state index in [0.29, 0.717) is 18.4 Å². The molecule has 0 aliphatic heterocycles. The summed E-state index contributed by atoms with van der Waals surface area (Å²) in [5.74, 6) is 0.914. The van der Waals surface area contributed by atoms with Crippen molar-refractivity contribution in [2.75, 3.05) is 13.2 Å². The molecule has 0 radical (unpaired) electrons. The fourth-order valence-corrected chi connectivity index (χ4v) is 1.44. The molecular formula is C14H21F3IN3O. The quantitative estimate of drug-likeness (QED) is 0.413. The largest absolute Gasteiger partial charge is 0.484 e. The Hall–Kier alpha value is -1.19. The molecule has 4 nitrogen and oxygen atoms in total. The molecule has 0 unspecified atom stereocenters. The number of hydrogen-bond acceptors (Lipinski definition) is 2. The minimum absolute atomic E-state index is 0. The van der Waals surface area contributed by atoms with Gasteiger partial charge in [0.05, 0.1) is 6.54 Å². The van der Waals surface area contributed by atoms with Gasteiger partial charge in [-0.05, 0) is 23.6 Å². The van der Waals surface area contributed by atoms with E-state index in [4.69, 9.17) is 5.73 Å². The molecule has 1 aromatic carbocycles. The number of halogens is 4. The van der Waals surface area contributed by atoms with Crippen LogP contribution >= 0.6 is 24.0 Å². The van der Waals surface area contributed by atoms with E-state index >= 15 is 0 Å². The van der Waals surface area contributed by atoms with Gasteiger partial charge in [0.2, 0.25) is 0 Å². The van der Waals surface area contributed by atoms with E-state index in [1.54, 1.807) is 12.1 Å². The van der Waals surface area contributed by atoms with Gasteiger partial charge in [0.1, 0.15) is 5.75 Å². The molecule has 22 heavy (non-hydrogen) atoms. The Bertz CT molecular complexity index is 479. The van der Waals surface area contributed by atoms with Gasteiger partial charge in [-0.3, -0.25) is 0 Å². The number of guanidine groups is 1. The predicted octanol–water partition coefficient (Wildman–Crippen LogP) is 3.31. The van der Waals surface area contributed by atoms with Crippen molar-refractivity contribution in [2.24, 2.45) is 16.6 Å². The number of rotatable bonds is 6. The molecule has 0 aromatic heterocycles. The molecule has 8 heteroatoms. The van der Waals surface area contributed by atoms with Gasteiger partial charge in [0.25, 0.3) is 0 Å². The topological polar surface area (TPSA) is 59.6 Å². The van der Waals surface area contributed by atoms with Crippen LogP contribution < -0.4 is 15.8 Å². The van der Waals surface area contributed by atoms with E-state index in [-0.39, 0.29) is 36.3 Å². The minimum Gasteiger partial charge on any atom is -0.484 e. The number of benzene rings is 1. The summed E-state index contributed by atoms with van der Waals surface area (Å²) in [7, 11) is 0. The molecule has 1 aromatic rings. The van der Waals surface area contributed by atoms with Crippen LogP contribution in [-0.2, 0) is 6.54 Å². The summed E-state index contributed by atoms with van der Waals surface area (Å²) in [4.78, 5) is 4.12. The highest BCUT2D eigenvalue weighted by Gasteiger charge is 2.28. The molecule has 0 fully saturated rings. The zero-order valence-electron chi connectivity index (χ0n) is 12.5. The zero-order valence-corrected chi connectivity index (χ0v) is 14.8. The van der Waals surface area contributed by atoms with Gasteiger partial charge in [0, 0.05) is 6.54 Å². The molecule has 0 saturated carbocycles. The van der Waals surface area contributed by atoms with Crippen LogP contribution in [0.25, 0.3) is 0 Å². The molecule has 0 aliphatic carbocycles. The van der Waals surface area contributed by atoms with Gasteiger partial charge in [-0.15, -0.1) is 24.0 Å². The second-order valence-electron chi connectivity index (χ2n) is 5.03. The third kappa shape index (κ3) is 9.69. The fraction of sp³-hybridized carbons (Fsp3) is 0.500. The van der Waals surface area contributed by atoms with Crippen LogP contribution in [0.5, 0.6) is 5.75 Å². The van der Waals surface area contributed by atoms with Crippen LogP contribution in [0.3, 0.4) is 0 Å². The van der Waals surface area contributed by atoms with Crippen molar-refractivity contribution < 1.29 is 17.9 Å². The molecule has 0 atom stereocenters. The Kier molecular flexibility index (Phi) is 9.22. The fourth-order valence-electron chi connectivity index (χ4n) is 1.44.